The second-order valence-electron chi connectivity index (χ2n) is 4.34. The molecule has 2 rings (SSSR count). The molecule has 8 heteroatoms. The molecular formula is C14H15N2NaO4S. The number of carboxylic acids is 1. The Morgan fingerprint density at radius 2 is 1.45 bits per heavy atom. The summed E-state index contributed by atoms with van der Waals surface area (Å²) in [6.07, 6.45) is 0. The molecule has 0 amide bonds. The molecule has 0 bridgehead atoms. The van der Waals surface area contributed by atoms with Gasteiger partial charge in [-0.15, -0.1) is 0 Å². The molecule has 0 unspecified atom stereocenters. The van der Waals surface area contributed by atoms with E-state index < -0.39 is 15.8 Å². The number of carbonyl (C=O) groups is 1. The predicted octanol–water partition coefficient (Wildman–Crippen LogP) is 0.950. The second kappa shape index (κ2) is 7.64. The Bertz CT molecular complexity index is 743. The molecule has 0 heterocycles. The maximum absolute atomic E-state index is 12.4. The Kier molecular flexibility index (Phi) is 6.43. The summed E-state index contributed by atoms with van der Waals surface area (Å²) in [5.41, 5.74) is 6.56. The van der Waals surface area contributed by atoms with E-state index in [1.54, 1.807) is 0 Å². The van der Waals surface area contributed by atoms with Crippen LogP contribution in [0, 0.1) is 0 Å². The first-order valence-corrected chi connectivity index (χ1v) is 7.54. The fraction of sp³-hybridized carbons (Fsp3) is 0.0714. The SMILES string of the molecule is Nc1ccc(S(=O)(=O)c2ccc(NCC(=O)O)cc2)cc1.[NaH]. The topological polar surface area (TPSA) is 109 Å². The molecule has 22 heavy (non-hydrogen) atoms. The van der Waals surface area contributed by atoms with Gasteiger partial charge in [-0.1, -0.05) is 0 Å². The van der Waals surface area contributed by atoms with Crippen molar-refractivity contribution in [3.05, 3.63) is 48.5 Å². The van der Waals surface area contributed by atoms with E-state index in [0.29, 0.717) is 11.4 Å². The number of benzene rings is 2. The van der Waals surface area contributed by atoms with E-state index in [-0.39, 0.29) is 45.9 Å². The molecule has 4 N–H and O–H groups in total. The van der Waals surface area contributed by atoms with Gasteiger partial charge in [0, 0.05) is 11.4 Å². The zero-order valence-corrected chi connectivity index (χ0v) is 11.8. The summed E-state index contributed by atoms with van der Waals surface area (Å²) in [4.78, 5) is 10.7. The third kappa shape index (κ3) is 4.48. The van der Waals surface area contributed by atoms with Crippen LogP contribution >= 0.6 is 0 Å². The van der Waals surface area contributed by atoms with E-state index in [2.05, 4.69) is 5.32 Å². The minimum atomic E-state index is -3.60. The molecule has 2 aromatic carbocycles. The van der Waals surface area contributed by atoms with Crippen molar-refractivity contribution in [3.63, 3.8) is 0 Å². The monoisotopic (exact) mass is 330 g/mol. The van der Waals surface area contributed by atoms with Crippen molar-refractivity contribution < 1.29 is 18.3 Å². The molecule has 0 aliphatic carbocycles. The molecule has 0 spiro atoms. The van der Waals surface area contributed by atoms with Crippen LogP contribution in [0.4, 0.5) is 11.4 Å². The number of sulfone groups is 1. The van der Waals surface area contributed by atoms with Gasteiger partial charge in [-0.2, -0.15) is 0 Å². The summed E-state index contributed by atoms with van der Waals surface area (Å²) in [5, 5.41) is 11.2. The number of rotatable bonds is 5. The van der Waals surface area contributed by atoms with Crippen molar-refractivity contribution in [2.24, 2.45) is 0 Å². The fourth-order valence-electron chi connectivity index (χ4n) is 1.71. The summed E-state index contributed by atoms with van der Waals surface area (Å²) in [5.74, 6) is -0.992. The molecular weight excluding hydrogens is 315 g/mol. The van der Waals surface area contributed by atoms with Crippen molar-refractivity contribution in [3.8, 4) is 0 Å². The van der Waals surface area contributed by atoms with E-state index in [4.69, 9.17) is 10.8 Å². The summed E-state index contributed by atoms with van der Waals surface area (Å²) in [7, 11) is -3.60. The number of hydrogen-bond donors (Lipinski definition) is 3. The molecule has 2 aromatic rings. The predicted molar refractivity (Wildman–Crippen MR) is 86.0 cm³/mol. The standard InChI is InChI=1S/C14H14N2O4S.Na.H/c15-10-1-5-12(6-2-10)21(19,20)13-7-3-11(4-8-13)16-9-14(17)18;;/h1-8,16H,9,15H2,(H,17,18);;. The van der Waals surface area contributed by atoms with Gasteiger partial charge in [0.15, 0.2) is 0 Å². The first kappa shape index (κ1) is 18.5. The van der Waals surface area contributed by atoms with E-state index >= 15 is 0 Å². The number of nitrogen functional groups attached to an aromatic ring is 1. The van der Waals surface area contributed by atoms with Crippen molar-refractivity contribution in [2.75, 3.05) is 17.6 Å². The zero-order chi connectivity index (χ0) is 15.5. The van der Waals surface area contributed by atoms with Gasteiger partial charge in [0.25, 0.3) is 0 Å². The van der Waals surface area contributed by atoms with Gasteiger partial charge >= 0.3 is 35.5 Å². The molecule has 0 saturated carbocycles. The average Bonchev–Trinajstić information content (AvgIpc) is 2.46. The third-order valence-corrected chi connectivity index (χ3v) is 4.58. The van der Waals surface area contributed by atoms with Gasteiger partial charge in [0.1, 0.15) is 6.54 Å². The van der Waals surface area contributed by atoms with Crippen molar-refractivity contribution in [1.82, 2.24) is 0 Å². The minimum absolute atomic E-state index is 0. The molecule has 0 aliphatic rings. The summed E-state index contributed by atoms with van der Waals surface area (Å²) in [6.45, 7) is -0.232. The van der Waals surface area contributed by atoms with E-state index in [1.807, 2.05) is 0 Å². The van der Waals surface area contributed by atoms with Crippen LogP contribution in [0.1, 0.15) is 0 Å². The average molecular weight is 330 g/mol. The Morgan fingerprint density at radius 3 is 1.91 bits per heavy atom. The molecule has 0 radical (unpaired) electrons. The van der Waals surface area contributed by atoms with Gasteiger partial charge in [0.05, 0.1) is 9.79 Å². The number of hydrogen-bond acceptors (Lipinski definition) is 5. The van der Waals surface area contributed by atoms with Crippen molar-refractivity contribution in [1.29, 1.82) is 0 Å². The van der Waals surface area contributed by atoms with Crippen LogP contribution in [0.25, 0.3) is 0 Å². The van der Waals surface area contributed by atoms with Crippen LogP contribution in [-0.4, -0.2) is 55.6 Å². The molecule has 0 aliphatic heterocycles. The molecule has 0 fully saturated rings. The maximum atomic E-state index is 12.4. The van der Waals surface area contributed by atoms with Crippen LogP contribution < -0.4 is 11.1 Å². The number of anilines is 2. The second-order valence-corrected chi connectivity index (χ2v) is 6.29. The normalized spacial score (nSPS) is 10.5. The quantitative estimate of drug-likeness (QED) is 0.556. The Morgan fingerprint density at radius 1 is 1.00 bits per heavy atom. The summed E-state index contributed by atoms with van der Waals surface area (Å²) >= 11 is 0. The molecule has 112 valence electrons. The molecule has 0 aromatic heterocycles. The summed E-state index contributed by atoms with van der Waals surface area (Å²) < 4.78 is 24.7. The van der Waals surface area contributed by atoms with Crippen LogP contribution in [0.5, 0.6) is 0 Å². The first-order chi connectivity index (χ1) is 9.89. The van der Waals surface area contributed by atoms with Gasteiger partial charge in [0.2, 0.25) is 9.84 Å². The van der Waals surface area contributed by atoms with Crippen molar-refractivity contribution in [2.45, 2.75) is 9.79 Å². The van der Waals surface area contributed by atoms with Gasteiger partial charge in [-0.25, -0.2) is 8.42 Å². The Balaban J connectivity index is 0.00000242. The molecule has 6 nitrogen and oxygen atoms in total. The van der Waals surface area contributed by atoms with Gasteiger partial charge in [-0.05, 0) is 48.5 Å². The number of aliphatic carboxylic acids is 1. The Hall–Kier alpha value is -1.54. The number of nitrogens with one attached hydrogen (secondary N) is 1. The van der Waals surface area contributed by atoms with Crippen LogP contribution in [0.2, 0.25) is 0 Å². The number of carboxylic acid groups (broad SMARTS) is 1. The van der Waals surface area contributed by atoms with Crippen LogP contribution in [0.15, 0.2) is 58.3 Å². The van der Waals surface area contributed by atoms with E-state index in [1.165, 1.54) is 48.5 Å². The summed E-state index contributed by atoms with van der Waals surface area (Å²) in [6, 6.07) is 11.8. The number of nitrogens with two attached hydrogens (primary N) is 1. The fourth-order valence-corrected chi connectivity index (χ4v) is 2.97. The Labute approximate surface area is 150 Å². The zero-order valence-electron chi connectivity index (χ0n) is 11.0. The van der Waals surface area contributed by atoms with Gasteiger partial charge in [-0.3, -0.25) is 4.79 Å². The van der Waals surface area contributed by atoms with E-state index in [0.717, 1.165) is 0 Å². The van der Waals surface area contributed by atoms with Crippen LogP contribution in [0.3, 0.4) is 0 Å². The van der Waals surface area contributed by atoms with Crippen molar-refractivity contribution >= 4 is 56.7 Å². The van der Waals surface area contributed by atoms with Gasteiger partial charge < -0.3 is 16.2 Å². The molecule has 0 atom stereocenters. The first-order valence-electron chi connectivity index (χ1n) is 6.06. The molecule has 0 saturated heterocycles. The van der Waals surface area contributed by atoms with E-state index in [9.17, 15) is 13.2 Å². The van der Waals surface area contributed by atoms with Crippen LogP contribution in [-0.2, 0) is 14.6 Å². The third-order valence-electron chi connectivity index (χ3n) is 2.80.